The van der Waals surface area contributed by atoms with Crippen LogP contribution in [0.5, 0.6) is 5.88 Å². The zero-order valence-corrected chi connectivity index (χ0v) is 13.4. The largest absolute Gasteiger partial charge is 0.494 e. The molecular formula is C17H15BrN2O. The van der Waals surface area contributed by atoms with Crippen molar-refractivity contribution < 1.29 is 5.11 Å². The van der Waals surface area contributed by atoms with Crippen molar-refractivity contribution in [2.75, 3.05) is 0 Å². The van der Waals surface area contributed by atoms with Crippen LogP contribution < -0.4 is 0 Å². The first kappa shape index (κ1) is 13.9. The number of fused-ring (bicyclic) bond motifs is 1. The maximum absolute atomic E-state index is 10.1. The number of hydrogen-bond donors (Lipinski definition) is 2. The Hall–Kier alpha value is -2.07. The van der Waals surface area contributed by atoms with Gasteiger partial charge in [0.15, 0.2) is 5.88 Å². The fraction of sp³-hybridized carbons (Fsp3) is 0.118. The third-order valence-electron chi connectivity index (χ3n) is 3.41. The van der Waals surface area contributed by atoms with Gasteiger partial charge in [0.1, 0.15) is 0 Å². The van der Waals surface area contributed by atoms with Gasteiger partial charge >= 0.3 is 0 Å². The molecule has 3 nitrogen and oxygen atoms in total. The van der Waals surface area contributed by atoms with Gasteiger partial charge in [-0.05, 0) is 59.1 Å². The quantitative estimate of drug-likeness (QED) is 0.632. The fourth-order valence-electron chi connectivity index (χ4n) is 2.30. The van der Waals surface area contributed by atoms with Crippen LogP contribution in [0.3, 0.4) is 0 Å². The van der Waals surface area contributed by atoms with Crippen molar-refractivity contribution in [2.45, 2.75) is 13.8 Å². The minimum atomic E-state index is 0.141. The normalized spacial score (nSPS) is 11.6. The predicted octanol–water partition coefficient (Wildman–Crippen LogP) is 5.00. The second-order valence-corrected chi connectivity index (χ2v) is 6.00. The molecule has 2 N–H and O–H groups in total. The monoisotopic (exact) mass is 342 g/mol. The lowest BCUT2D eigenvalue weighted by atomic mass is 10.1. The van der Waals surface area contributed by atoms with Gasteiger partial charge in [-0.3, -0.25) is 4.99 Å². The number of nitrogens with one attached hydrogen (secondary N) is 1. The third kappa shape index (κ3) is 2.72. The van der Waals surface area contributed by atoms with E-state index in [-0.39, 0.29) is 5.88 Å². The van der Waals surface area contributed by atoms with E-state index in [4.69, 9.17) is 0 Å². The fourth-order valence-corrected chi connectivity index (χ4v) is 2.90. The molecule has 0 radical (unpaired) electrons. The molecule has 1 heterocycles. The molecule has 1 aromatic heterocycles. The van der Waals surface area contributed by atoms with Crippen LogP contribution >= 0.6 is 15.9 Å². The second-order valence-electron chi connectivity index (χ2n) is 5.15. The number of aromatic amines is 1. The molecule has 0 saturated heterocycles. The number of halogens is 1. The van der Waals surface area contributed by atoms with Crippen molar-refractivity contribution in [3.8, 4) is 5.88 Å². The Labute approximate surface area is 131 Å². The van der Waals surface area contributed by atoms with Crippen LogP contribution in [0.1, 0.15) is 16.7 Å². The van der Waals surface area contributed by atoms with Gasteiger partial charge in [0.05, 0.1) is 11.3 Å². The SMILES string of the molecule is Cc1ccc(N=Cc2c(O)[nH]c3cc(C)ccc23)c(Br)c1. The first-order valence-electron chi connectivity index (χ1n) is 6.66. The van der Waals surface area contributed by atoms with Crippen LogP contribution in [0.15, 0.2) is 45.9 Å². The smallest absolute Gasteiger partial charge is 0.198 e. The highest BCUT2D eigenvalue weighted by Gasteiger charge is 2.09. The zero-order valence-electron chi connectivity index (χ0n) is 11.8. The highest BCUT2D eigenvalue weighted by molar-refractivity contribution is 9.10. The van der Waals surface area contributed by atoms with E-state index >= 15 is 0 Å². The van der Waals surface area contributed by atoms with E-state index in [0.717, 1.165) is 26.6 Å². The van der Waals surface area contributed by atoms with Crippen molar-refractivity contribution in [1.82, 2.24) is 4.98 Å². The molecule has 0 unspecified atom stereocenters. The Morgan fingerprint density at radius 2 is 1.81 bits per heavy atom. The van der Waals surface area contributed by atoms with E-state index in [9.17, 15) is 5.11 Å². The standard InChI is InChI=1S/C17H15BrN2O/c1-10-4-6-15(14(18)7-10)19-9-13-12-5-3-11(2)8-16(12)20-17(13)21/h3-9,20-21H,1-2H3. The van der Waals surface area contributed by atoms with Gasteiger partial charge in [0.25, 0.3) is 0 Å². The summed E-state index contributed by atoms with van der Waals surface area (Å²) in [5, 5.41) is 11.0. The zero-order chi connectivity index (χ0) is 15.0. The molecule has 2 aromatic carbocycles. The molecule has 0 aliphatic carbocycles. The molecule has 0 atom stereocenters. The molecule has 0 spiro atoms. The summed E-state index contributed by atoms with van der Waals surface area (Å²) in [5.74, 6) is 0.141. The van der Waals surface area contributed by atoms with E-state index in [2.05, 4.69) is 25.9 Å². The minimum absolute atomic E-state index is 0.141. The summed E-state index contributed by atoms with van der Waals surface area (Å²) < 4.78 is 0.939. The first-order valence-corrected chi connectivity index (χ1v) is 7.45. The number of nitrogens with zero attached hydrogens (tertiary/aromatic N) is 1. The van der Waals surface area contributed by atoms with Crippen molar-refractivity contribution >= 4 is 38.7 Å². The molecule has 0 amide bonds. The van der Waals surface area contributed by atoms with E-state index in [1.807, 2.05) is 50.2 Å². The Morgan fingerprint density at radius 1 is 1.10 bits per heavy atom. The Morgan fingerprint density at radius 3 is 2.57 bits per heavy atom. The van der Waals surface area contributed by atoms with E-state index in [1.165, 1.54) is 5.56 Å². The van der Waals surface area contributed by atoms with Crippen LogP contribution in [0.2, 0.25) is 0 Å². The summed E-state index contributed by atoms with van der Waals surface area (Å²) in [7, 11) is 0. The molecule has 21 heavy (non-hydrogen) atoms. The number of aryl methyl sites for hydroxylation is 2. The number of aliphatic imine (C=N–C) groups is 1. The van der Waals surface area contributed by atoms with Gasteiger partial charge in [-0.1, -0.05) is 18.2 Å². The predicted molar refractivity (Wildman–Crippen MR) is 90.8 cm³/mol. The van der Waals surface area contributed by atoms with Gasteiger partial charge in [-0.2, -0.15) is 0 Å². The first-order chi connectivity index (χ1) is 10.0. The lowest BCUT2D eigenvalue weighted by Gasteiger charge is -1.99. The lowest BCUT2D eigenvalue weighted by Crippen LogP contribution is -1.80. The molecule has 3 aromatic rings. The van der Waals surface area contributed by atoms with E-state index in [1.54, 1.807) is 6.21 Å². The van der Waals surface area contributed by atoms with Crippen molar-refractivity contribution in [2.24, 2.45) is 4.99 Å². The minimum Gasteiger partial charge on any atom is -0.494 e. The van der Waals surface area contributed by atoms with Crippen LogP contribution in [0.4, 0.5) is 5.69 Å². The number of rotatable bonds is 2. The summed E-state index contributed by atoms with van der Waals surface area (Å²) in [6.45, 7) is 4.06. The van der Waals surface area contributed by atoms with Crippen molar-refractivity contribution in [3.63, 3.8) is 0 Å². The van der Waals surface area contributed by atoms with Gasteiger partial charge < -0.3 is 10.1 Å². The molecule has 3 rings (SSSR count). The van der Waals surface area contributed by atoms with Gasteiger partial charge in [0, 0.05) is 21.6 Å². The number of aromatic hydroxyl groups is 1. The second kappa shape index (κ2) is 5.37. The average Bonchev–Trinajstić information content (AvgIpc) is 2.72. The van der Waals surface area contributed by atoms with Gasteiger partial charge in [-0.15, -0.1) is 0 Å². The maximum atomic E-state index is 10.1. The summed E-state index contributed by atoms with van der Waals surface area (Å²) in [4.78, 5) is 7.45. The molecule has 106 valence electrons. The topological polar surface area (TPSA) is 48.4 Å². The van der Waals surface area contributed by atoms with E-state index < -0.39 is 0 Å². The molecular weight excluding hydrogens is 328 g/mol. The van der Waals surface area contributed by atoms with Crippen LogP contribution in [0.25, 0.3) is 10.9 Å². The highest BCUT2D eigenvalue weighted by Crippen LogP contribution is 2.29. The Bertz CT molecular complexity index is 849. The summed E-state index contributed by atoms with van der Waals surface area (Å²) in [5.41, 5.74) is 4.77. The number of aromatic nitrogens is 1. The third-order valence-corrected chi connectivity index (χ3v) is 4.04. The van der Waals surface area contributed by atoms with Gasteiger partial charge in [-0.25, -0.2) is 0 Å². The average molecular weight is 343 g/mol. The number of hydrogen-bond acceptors (Lipinski definition) is 2. The molecule has 0 saturated carbocycles. The Kier molecular flexibility index (Phi) is 3.55. The molecule has 0 aliphatic rings. The van der Waals surface area contributed by atoms with Gasteiger partial charge in [0.2, 0.25) is 0 Å². The highest BCUT2D eigenvalue weighted by atomic mass is 79.9. The number of benzene rings is 2. The summed E-state index contributed by atoms with van der Waals surface area (Å²) >= 11 is 3.51. The van der Waals surface area contributed by atoms with Crippen LogP contribution in [0, 0.1) is 13.8 Å². The van der Waals surface area contributed by atoms with Crippen LogP contribution in [-0.4, -0.2) is 16.3 Å². The molecule has 4 heteroatoms. The van der Waals surface area contributed by atoms with Crippen molar-refractivity contribution in [1.29, 1.82) is 0 Å². The Balaban J connectivity index is 2.05. The van der Waals surface area contributed by atoms with E-state index in [0.29, 0.717) is 5.56 Å². The summed E-state index contributed by atoms with van der Waals surface area (Å²) in [6, 6.07) is 12.0. The maximum Gasteiger partial charge on any atom is 0.198 e. The lowest BCUT2D eigenvalue weighted by molar-refractivity contribution is 0.457. The summed E-state index contributed by atoms with van der Waals surface area (Å²) in [6.07, 6.45) is 1.69. The number of H-pyrrole nitrogens is 1. The molecule has 0 fully saturated rings. The van der Waals surface area contributed by atoms with Crippen LogP contribution in [-0.2, 0) is 0 Å². The molecule has 0 aliphatic heterocycles. The molecule has 0 bridgehead atoms. The van der Waals surface area contributed by atoms with Crippen molar-refractivity contribution in [3.05, 3.63) is 57.6 Å².